The van der Waals surface area contributed by atoms with Crippen molar-refractivity contribution in [1.82, 2.24) is 10.0 Å². The van der Waals surface area contributed by atoms with Crippen LogP contribution >= 0.6 is 0 Å². The largest absolute Gasteiger partial charge is 0.508 e. The number of hydrogen-bond acceptors (Lipinski definition) is 4. The van der Waals surface area contributed by atoms with Gasteiger partial charge in [-0.05, 0) is 37.1 Å². The molecule has 1 aliphatic carbocycles. The highest BCUT2D eigenvalue weighted by Gasteiger charge is 2.20. The number of urea groups is 1. The van der Waals surface area contributed by atoms with Gasteiger partial charge >= 0.3 is 6.03 Å². The van der Waals surface area contributed by atoms with Gasteiger partial charge in [-0.15, -0.1) is 0 Å². The van der Waals surface area contributed by atoms with Crippen molar-refractivity contribution in [2.24, 2.45) is 0 Å². The summed E-state index contributed by atoms with van der Waals surface area (Å²) in [6.07, 6.45) is 7.41. The summed E-state index contributed by atoms with van der Waals surface area (Å²) in [4.78, 5) is 11.9. The first-order valence-corrected chi connectivity index (χ1v) is 9.08. The highest BCUT2D eigenvalue weighted by molar-refractivity contribution is 7.90. The van der Waals surface area contributed by atoms with Crippen LogP contribution in [0.25, 0.3) is 0 Å². The molecule has 0 radical (unpaired) electrons. The molecule has 0 spiro atoms. The molecule has 0 saturated heterocycles. The smallest absolute Gasteiger partial charge is 0.328 e. The van der Waals surface area contributed by atoms with Crippen LogP contribution in [0.15, 0.2) is 29.2 Å². The Morgan fingerprint density at radius 2 is 1.55 bits per heavy atom. The first kappa shape index (κ1) is 16.6. The first-order chi connectivity index (χ1) is 10.5. The molecule has 0 atom stereocenters. The van der Waals surface area contributed by atoms with Gasteiger partial charge in [-0.3, -0.25) is 0 Å². The van der Waals surface area contributed by atoms with Crippen molar-refractivity contribution in [1.29, 1.82) is 0 Å². The second-order valence-corrected chi connectivity index (χ2v) is 7.30. The molecule has 122 valence electrons. The third-order valence-corrected chi connectivity index (χ3v) is 5.16. The van der Waals surface area contributed by atoms with E-state index in [1.54, 1.807) is 0 Å². The fourth-order valence-corrected chi connectivity index (χ4v) is 3.54. The predicted molar refractivity (Wildman–Crippen MR) is 83.1 cm³/mol. The van der Waals surface area contributed by atoms with Crippen LogP contribution in [0.2, 0.25) is 0 Å². The Kier molecular flexibility index (Phi) is 5.65. The van der Waals surface area contributed by atoms with E-state index < -0.39 is 16.1 Å². The molecule has 1 saturated carbocycles. The molecule has 1 fully saturated rings. The molecule has 1 aliphatic rings. The van der Waals surface area contributed by atoms with Gasteiger partial charge in [0.2, 0.25) is 0 Å². The molecular weight excluding hydrogens is 304 g/mol. The fourth-order valence-electron chi connectivity index (χ4n) is 2.62. The first-order valence-electron chi connectivity index (χ1n) is 7.60. The maximum Gasteiger partial charge on any atom is 0.328 e. The molecule has 22 heavy (non-hydrogen) atoms. The zero-order valence-corrected chi connectivity index (χ0v) is 13.2. The summed E-state index contributed by atoms with van der Waals surface area (Å²) in [6, 6.07) is 4.36. The molecule has 6 nitrogen and oxygen atoms in total. The summed E-state index contributed by atoms with van der Waals surface area (Å²) >= 11 is 0. The molecule has 0 aromatic heterocycles. The van der Waals surface area contributed by atoms with Crippen molar-refractivity contribution >= 4 is 16.1 Å². The zero-order chi connectivity index (χ0) is 16.0. The van der Waals surface area contributed by atoms with Gasteiger partial charge in [0.15, 0.2) is 0 Å². The van der Waals surface area contributed by atoms with Crippen LogP contribution < -0.4 is 10.0 Å². The minimum absolute atomic E-state index is 0.0234. The van der Waals surface area contributed by atoms with Crippen LogP contribution in [0.1, 0.15) is 44.9 Å². The summed E-state index contributed by atoms with van der Waals surface area (Å²) in [5, 5.41) is 11.9. The highest BCUT2D eigenvalue weighted by atomic mass is 32.2. The topological polar surface area (TPSA) is 95.5 Å². The molecule has 2 rings (SSSR count). The lowest BCUT2D eigenvalue weighted by atomic mass is 9.97. The van der Waals surface area contributed by atoms with Crippen molar-refractivity contribution in [3.05, 3.63) is 24.3 Å². The number of carbonyl (C=O) groups is 1. The number of hydrogen-bond donors (Lipinski definition) is 3. The lowest BCUT2D eigenvalue weighted by Gasteiger charge is -2.21. The van der Waals surface area contributed by atoms with Gasteiger partial charge in [0, 0.05) is 6.04 Å². The maximum absolute atomic E-state index is 12.1. The van der Waals surface area contributed by atoms with Gasteiger partial charge in [0.25, 0.3) is 10.0 Å². The summed E-state index contributed by atoms with van der Waals surface area (Å²) in [5.74, 6) is -0.0297. The molecule has 0 aliphatic heterocycles. The van der Waals surface area contributed by atoms with Gasteiger partial charge in [-0.1, -0.05) is 32.1 Å². The molecule has 0 heterocycles. The third kappa shape index (κ3) is 4.91. The van der Waals surface area contributed by atoms with Crippen LogP contribution in [0.4, 0.5) is 4.79 Å². The summed E-state index contributed by atoms with van der Waals surface area (Å²) in [6.45, 7) is 0. The van der Waals surface area contributed by atoms with E-state index in [-0.39, 0.29) is 16.7 Å². The van der Waals surface area contributed by atoms with Gasteiger partial charge in [0.05, 0.1) is 4.90 Å². The molecule has 0 bridgehead atoms. The lowest BCUT2D eigenvalue weighted by molar-refractivity contribution is 0.239. The normalized spacial score (nSPS) is 17.3. The van der Waals surface area contributed by atoms with E-state index in [2.05, 4.69) is 5.32 Å². The minimum Gasteiger partial charge on any atom is -0.508 e. The molecule has 1 aromatic carbocycles. The van der Waals surface area contributed by atoms with Crippen molar-refractivity contribution in [3.8, 4) is 5.75 Å². The van der Waals surface area contributed by atoms with Crippen LogP contribution in [-0.4, -0.2) is 25.6 Å². The van der Waals surface area contributed by atoms with Crippen LogP contribution in [0.5, 0.6) is 5.75 Å². The summed E-state index contributed by atoms with van der Waals surface area (Å²) < 4.78 is 26.1. The number of nitrogens with one attached hydrogen (secondary N) is 2. The van der Waals surface area contributed by atoms with Crippen LogP contribution in [0.3, 0.4) is 0 Å². The minimum atomic E-state index is -3.92. The summed E-state index contributed by atoms with van der Waals surface area (Å²) in [5.41, 5.74) is 0. The second kappa shape index (κ2) is 7.49. The summed E-state index contributed by atoms with van der Waals surface area (Å²) in [7, 11) is -3.92. The van der Waals surface area contributed by atoms with Gasteiger partial charge in [0.1, 0.15) is 5.75 Å². The van der Waals surface area contributed by atoms with E-state index in [0.29, 0.717) is 0 Å². The Morgan fingerprint density at radius 1 is 1.00 bits per heavy atom. The van der Waals surface area contributed by atoms with Crippen molar-refractivity contribution < 1.29 is 18.3 Å². The Bertz CT molecular complexity index is 590. The van der Waals surface area contributed by atoms with Crippen molar-refractivity contribution in [3.63, 3.8) is 0 Å². The number of carbonyl (C=O) groups excluding carboxylic acids is 1. The fraction of sp³-hybridized carbons (Fsp3) is 0.533. The van der Waals surface area contributed by atoms with Gasteiger partial charge in [-0.25, -0.2) is 17.9 Å². The zero-order valence-electron chi connectivity index (χ0n) is 12.4. The van der Waals surface area contributed by atoms with Crippen LogP contribution in [0, 0.1) is 0 Å². The second-order valence-electron chi connectivity index (χ2n) is 5.61. The predicted octanol–water partition coefficient (Wildman–Crippen LogP) is 2.49. The monoisotopic (exact) mass is 326 g/mol. The standard InChI is InChI=1S/C15H22N2O4S/c18-13-8-10-14(11-9-13)22(20,21)17-15(19)16-12-6-4-2-1-3-5-7-12/h8-12,18H,1-7H2,(H2,16,17,19). The molecule has 2 amide bonds. The van der Waals surface area contributed by atoms with Crippen LogP contribution in [-0.2, 0) is 10.0 Å². The van der Waals surface area contributed by atoms with E-state index in [1.165, 1.54) is 30.7 Å². The molecule has 3 N–H and O–H groups in total. The van der Waals surface area contributed by atoms with E-state index in [4.69, 9.17) is 0 Å². The Hall–Kier alpha value is -1.76. The van der Waals surface area contributed by atoms with E-state index in [9.17, 15) is 18.3 Å². The number of rotatable bonds is 3. The third-order valence-electron chi connectivity index (χ3n) is 3.81. The number of phenols is 1. The average Bonchev–Trinajstić information content (AvgIpc) is 2.41. The Morgan fingerprint density at radius 3 is 2.14 bits per heavy atom. The number of benzene rings is 1. The van der Waals surface area contributed by atoms with Crippen molar-refractivity contribution in [2.45, 2.75) is 55.9 Å². The van der Waals surface area contributed by atoms with E-state index in [1.807, 2.05) is 4.72 Å². The maximum atomic E-state index is 12.1. The number of aromatic hydroxyl groups is 1. The average molecular weight is 326 g/mol. The molecule has 1 aromatic rings. The Balaban J connectivity index is 1.93. The number of amides is 2. The van der Waals surface area contributed by atoms with Crippen molar-refractivity contribution in [2.75, 3.05) is 0 Å². The number of sulfonamides is 1. The van der Waals surface area contributed by atoms with E-state index in [0.717, 1.165) is 38.5 Å². The lowest BCUT2D eigenvalue weighted by Crippen LogP contribution is -2.44. The SMILES string of the molecule is O=C(NC1CCCCCCC1)NS(=O)(=O)c1ccc(O)cc1. The molecule has 7 heteroatoms. The molecular formula is C15H22N2O4S. The quantitative estimate of drug-likeness (QED) is 0.795. The van der Waals surface area contributed by atoms with E-state index >= 15 is 0 Å². The molecule has 0 unspecified atom stereocenters. The number of phenolic OH excluding ortho intramolecular Hbond substituents is 1. The Labute approximate surface area is 131 Å². The highest BCUT2D eigenvalue weighted by Crippen LogP contribution is 2.17. The van der Waals surface area contributed by atoms with Gasteiger partial charge in [-0.2, -0.15) is 0 Å². The van der Waals surface area contributed by atoms with Gasteiger partial charge < -0.3 is 10.4 Å².